The van der Waals surface area contributed by atoms with Crippen LogP contribution in [0.5, 0.6) is 0 Å². The highest BCUT2D eigenvalue weighted by Gasteiger charge is 2.33. The molecule has 1 heterocycles. The molecule has 0 bridgehead atoms. The van der Waals surface area contributed by atoms with Gasteiger partial charge in [0.25, 0.3) is 5.56 Å². The highest BCUT2D eigenvalue weighted by atomic mass is 32.2. The third-order valence-electron chi connectivity index (χ3n) is 5.86. The predicted octanol–water partition coefficient (Wildman–Crippen LogP) is 5.24. The second kappa shape index (κ2) is 9.71. The van der Waals surface area contributed by atoms with Gasteiger partial charge in [0.05, 0.1) is 27.5 Å². The van der Waals surface area contributed by atoms with Gasteiger partial charge in [0.1, 0.15) is 11.6 Å². The van der Waals surface area contributed by atoms with Gasteiger partial charge in [-0.25, -0.2) is 17.8 Å². The molecule has 3 aromatic carbocycles. The fourth-order valence-electron chi connectivity index (χ4n) is 4.07. The van der Waals surface area contributed by atoms with Crippen LogP contribution in [-0.4, -0.2) is 28.8 Å². The van der Waals surface area contributed by atoms with E-state index in [2.05, 4.69) is 0 Å². The summed E-state index contributed by atoms with van der Waals surface area (Å²) in [5.41, 5.74) is 1.85. The number of hydrogen-bond acceptors (Lipinski definition) is 4. The van der Waals surface area contributed by atoms with E-state index in [1.165, 1.54) is 21.0 Å². The Labute approximate surface area is 204 Å². The molecule has 182 valence electrons. The number of hydrogen-bond donors (Lipinski definition) is 0. The molecule has 0 radical (unpaired) electrons. The largest absolute Gasteiger partial charge is 0.268 e. The Morgan fingerprint density at radius 2 is 1.57 bits per heavy atom. The molecule has 1 atom stereocenters. The first-order valence-corrected chi connectivity index (χ1v) is 12.9. The summed E-state index contributed by atoms with van der Waals surface area (Å²) in [4.78, 5) is 18.4. The van der Waals surface area contributed by atoms with Crippen molar-refractivity contribution in [2.45, 2.75) is 38.6 Å². The van der Waals surface area contributed by atoms with Crippen LogP contribution < -0.4 is 5.56 Å². The van der Waals surface area contributed by atoms with Gasteiger partial charge >= 0.3 is 0 Å². The highest BCUT2D eigenvalue weighted by molar-refractivity contribution is 7.89. The monoisotopic (exact) mass is 493 g/mol. The molecule has 0 N–H and O–H groups in total. The third kappa shape index (κ3) is 4.90. The number of benzene rings is 3. The smallest absolute Gasteiger partial charge is 0.266 e. The van der Waals surface area contributed by atoms with Crippen molar-refractivity contribution in [2.75, 3.05) is 6.54 Å². The normalized spacial score (nSPS) is 13.0. The Balaban J connectivity index is 1.96. The minimum Gasteiger partial charge on any atom is -0.268 e. The van der Waals surface area contributed by atoms with Gasteiger partial charge in [-0.05, 0) is 68.3 Å². The first-order chi connectivity index (χ1) is 16.6. The maximum atomic E-state index is 13.7. The molecule has 0 aliphatic heterocycles. The SMILES string of the molecule is Cc1ccc(-n2c(C(C)N(CC(C)C)S(=O)(=O)c3ccc(F)cc3)nc3ccccc3c2=O)cc1. The third-order valence-corrected chi connectivity index (χ3v) is 7.82. The average Bonchev–Trinajstić information content (AvgIpc) is 2.83. The molecule has 4 rings (SSSR count). The molecule has 35 heavy (non-hydrogen) atoms. The number of rotatable bonds is 7. The lowest BCUT2D eigenvalue weighted by Gasteiger charge is -2.31. The molecule has 8 heteroatoms. The van der Waals surface area contributed by atoms with E-state index in [4.69, 9.17) is 4.98 Å². The van der Waals surface area contributed by atoms with Gasteiger partial charge in [-0.2, -0.15) is 4.31 Å². The van der Waals surface area contributed by atoms with E-state index in [-0.39, 0.29) is 22.9 Å². The van der Waals surface area contributed by atoms with E-state index in [9.17, 15) is 17.6 Å². The summed E-state index contributed by atoms with van der Waals surface area (Å²) in [6.07, 6.45) is 0. The molecule has 0 spiro atoms. The van der Waals surface area contributed by atoms with Crippen molar-refractivity contribution in [2.24, 2.45) is 5.92 Å². The zero-order valence-electron chi connectivity index (χ0n) is 20.1. The van der Waals surface area contributed by atoms with Crippen LogP contribution in [0.1, 0.15) is 38.2 Å². The first kappa shape index (κ1) is 24.8. The Morgan fingerprint density at radius 1 is 0.943 bits per heavy atom. The Hall–Kier alpha value is -3.36. The van der Waals surface area contributed by atoms with E-state index < -0.39 is 21.9 Å². The van der Waals surface area contributed by atoms with Crippen LogP contribution in [0.25, 0.3) is 16.6 Å². The van der Waals surface area contributed by atoms with E-state index in [1.807, 2.05) is 45.0 Å². The van der Waals surface area contributed by atoms with E-state index >= 15 is 0 Å². The molecular formula is C27H28FN3O3S. The van der Waals surface area contributed by atoms with E-state index in [1.54, 1.807) is 31.2 Å². The van der Waals surface area contributed by atoms with Gasteiger partial charge in [0.15, 0.2) is 0 Å². The van der Waals surface area contributed by atoms with Crippen LogP contribution in [0.2, 0.25) is 0 Å². The van der Waals surface area contributed by atoms with Crippen molar-refractivity contribution in [1.82, 2.24) is 13.9 Å². The van der Waals surface area contributed by atoms with Crippen molar-refractivity contribution in [1.29, 1.82) is 0 Å². The van der Waals surface area contributed by atoms with Gasteiger partial charge in [-0.1, -0.05) is 43.7 Å². The van der Waals surface area contributed by atoms with Gasteiger partial charge in [0.2, 0.25) is 10.0 Å². The maximum absolute atomic E-state index is 13.7. The first-order valence-electron chi connectivity index (χ1n) is 11.5. The summed E-state index contributed by atoms with van der Waals surface area (Å²) in [5, 5.41) is 0.445. The summed E-state index contributed by atoms with van der Waals surface area (Å²) < 4.78 is 43.8. The second-order valence-electron chi connectivity index (χ2n) is 9.06. The fourth-order valence-corrected chi connectivity index (χ4v) is 5.82. The minimum absolute atomic E-state index is 0.00678. The van der Waals surface area contributed by atoms with Crippen LogP contribution in [0.3, 0.4) is 0 Å². The summed E-state index contributed by atoms with van der Waals surface area (Å²) in [6, 6.07) is 18.4. The molecule has 0 aliphatic rings. The molecule has 4 aromatic rings. The number of aromatic nitrogens is 2. The lowest BCUT2D eigenvalue weighted by Crippen LogP contribution is -2.39. The van der Waals surface area contributed by atoms with Crippen molar-refractivity contribution in [3.8, 4) is 5.69 Å². The predicted molar refractivity (Wildman–Crippen MR) is 136 cm³/mol. The summed E-state index contributed by atoms with van der Waals surface area (Å²) in [5.74, 6) is -0.214. The Kier molecular flexibility index (Phi) is 6.87. The van der Waals surface area contributed by atoms with Gasteiger partial charge in [-0.3, -0.25) is 9.36 Å². The number of fused-ring (bicyclic) bond motifs is 1. The average molecular weight is 494 g/mol. The van der Waals surface area contributed by atoms with E-state index in [0.29, 0.717) is 22.4 Å². The number of aryl methyl sites for hydroxylation is 1. The molecule has 1 aromatic heterocycles. The van der Waals surface area contributed by atoms with Crippen molar-refractivity contribution in [3.63, 3.8) is 0 Å². The topological polar surface area (TPSA) is 72.3 Å². The van der Waals surface area contributed by atoms with Gasteiger partial charge in [0, 0.05) is 6.54 Å². The summed E-state index contributed by atoms with van der Waals surface area (Å²) >= 11 is 0. The zero-order valence-corrected chi connectivity index (χ0v) is 21.0. The molecule has 0 aliphatic carbocycles. The number of para-hydroxylation sites is 1. The van der Waals surface area contributed by atoms with Crippen molar-refractivity contribution >= 4 is 20.9 Å². The maximum Gasteiger partial charge on any atom is 0.266 e. The molecule has 0 saturated carbocycles. The zero-order chi connectivity index (χ0) is 25.3. The van der Waals surface area contributed by atoms with Crippen LogP contribution in [0.15, 0.2) is 82.5 Å². The minimum atomic E-state index is -4.02. The van der Waals surface area contributed by atoms with Gasteiger partial charge in [-0.15, -0.1) is 0 Å². The Morgan fingerprint density at radius 3 is 2.20 bits per heavy atom. The highest BCUT2D eigenvalue weighted by Crippen LogP contribution is 2.29. The number of sulfonamides is 1. The standard InChI is InChI=1S/C27H28FN3O3S/c1-18(2)17-30(35(33,34)23-15-11-21(28)12-16-23)20(4)26-29-25-8-6-5-7-24(25)27(32)31(26)22-13-9-19(3)10-14-22/h5-16,18,20H,17H2,1-4H3. The van der Waals surface area contributed by atoms with E-state index in [0.717, 1.165) is 17.7 Å². The van der Waals surface area contributed by atoms with Crippen LogP contribution in [-0.2, 0) is 10.0 Å². The van der Waals surface area contributed by atoms with Crippen molar-refractivity contribution < 1.29 is 12.8 Å². The summed E-state index contributed by atoms with van der Waals surface area (Å²) in [6.45, 7) is 7.71. The Bertz CT molecular complexity index is 1510. The van der Waals surface area contributed by atoms with Crippen molar-refractivity contribution in [3.05, 3.63) is 100 Å². The quantitative estimate of drug-likeness (QED) is 0.353. The lowest BCUT2D eigenvalue weighted by atomic mass is 10.1. The molecule has 0 fully saturated rings. The fraction of sp³-hybridized carbons (Fsp3) is 0.259. The molecule has 0 amide bonds. The molecule has 0 saturated heterocycles. The van der Waals surface area contributed by atoms with Gasteiger partial charge < -0.3 is 0 Å². The number of halogens is 1. The van der Waals surface area contributed by atoms with Crippen LogP contribution >= 0.6 is 0 Å². The second-order valence-corrected chi connectivity index (χ2v) is 11.0. The van der Waals surface area contributed by atoms with Crippen LogP contribution in [0.4, 0.5) is 4.39 Å². The molecular weight excluding hydrogens is 465 g/mol. The number of nitrogens with zero attached hydrogens (tertiary/aromatic N) is 3. The summed E-state index contributed by atoms with van der Waals surface area (Å²) in [7, 11) is -4.02. The molecule has 6 nitrogen and oxygen atoms in total. The molecule has 1 unspecified atom stereocenters. The van der Waals surface area contributed by atoms with Crippen LogP contribution in [0, 0.1) is 18.7 Å². The lowest BCUT2D eigenvalue weighted by molar-refractivity contribution is 0.296.